The van der Waals surface area contributed by atoms with Crippen LogP contribution in [0.15, 0.2) is 30.6 Å². The van der Waals surface area contributed by atoms with Gasteiger partial charge in [-0.25, -0.2) is 19.9 Å². The van der Waals surface area contributed by atoms with Crippen molar-refractivity contribution in [3.05, 3.63) is 47.8 Å². The summed E-state index contributed by atoms with van der Waals surface area (Å²) in [6.45, 7) is 15.3. The lowest BCUT2D eigenvalue weighted by molar-refractivity contribution is 0.434. The zero-order valence-corrected chi connectivity index (χ0v) is 19.0. The molecule has 0 saturated heterocycles. The Bertz CT molecular complexity index is 980. The minimum absolute atomic E-state index is 0.109. The fourth-order valence-electron chi connectivity index (χ4n) is 3.11. The van der Waals surface area contributed by atoms with E-state index in [1.165, 1.54) is 0 Å². The maximum absolute atomic E-state index is 4.93. The van der Waals surface area contributed by atoms with E-state index in [2.05, 4.69) is 71.6 Å². The van der Waals surface area contributed by atoms with Gasteiger partial charge in [-0.3, -0.25) is 0 Å². The number of benzene rings is 1. The molecule has 29 heavy (non-hydrogen) atoms. The lowest BCUT2D eigenvalue weighted by Crippen LogP contribution is -2.26. The van der Waals surface area contributed by atoms with Gasteiger partial charge in [0.1, 0.15) is 17.5 Å². The van der Waals surface area contributed by atoms with Gasteiger partial charge in [0.05, 0.1) is 0 Å². The van der Waals surface area contributed by atoms with E-state index < -0.39 is 0 Å². The Morgan fingerprint density at radius 1 is 0.828 bits per heavy atom. The molecule has 0 unspecified atom stereocenters. The Morgan fingerprint density at radius 3 is 1.86 bits per heavy atom. The molecule has 0 amide bonds. The summed E-state index contributed by atoms with van der Waals surface area (Å²) in [5.74, 6) is 3.41. The Balaban J connectivity index is 2.23. The number of aryl methyl sites for hydroxylation is 2. The van der Waals surface area contributed by atoms with E-state index in [-0.39, 0.29) is 10.8 Å². The standard InChI is InChI=1S/C24H33N5/c1-9-23(4,5)21-26-19(27-22(28-21)24(6,7)10-2)17-13-16(3)14-18(15-17)20-25-11-12-29(20)8/h11-15H,9-10H2,1-8H3. The monoisotopic (exact) mass is 391 g/mol. The number of imidazole rings is 1. The van der Waals surface area contributed by atoms with Gasteiger partial charge in [0.15, 0.2) is 5.82 Å². The second-order valence-corrected chi connectivity index (χ2v) is 9.23. The Hall–Kier alpha value is -2.56. The van der Waals surface area contributed by atoms with E-state index in [0.717, 1.165) is 52.8 Å². The molecular formula is C24H33N5. The Morgan fingerprint density at radius 2 is 1.38 bits per heavy atom. The number of hydrogen-bond acceptors (Lipinski definition) is 4. The summed E-state index contributed by atoms with van der Waals surface area (Å²) in [4.78, 5) is 19.3. The van der Waals surface area contributed by atoms with Crippen molar-refractivity contribution in [3.63, 3.8) is 0 Å². The van der Waals surface area contributed by atoms with Crippen LogP contribution in [0.3, 0.4) is 0 Å². The molecule has 0 aliphatic heterocycles. The van der Waals surface area contributed by atoms with Gasteiger partial charge in [0.2, 0.25) is 0 Å². The third kappa shape index (κ3) is 4.24. The van der Waals surface area contributed by atoms with Gasteiger partial charge < -0.3 is 4.57 Å². The first kappa shape index (κ1) is 21.2. The smallest absolute Gasteiger partial charge is 0.163 e. The minimum atomic E-state index is -0.109. The van der Waals surface area contributed by atoms with Crippen LogP contribution in [-0.4, -0.2) is 24.5 Å². The van der Waals surface area contributed by atoms with E-state index in [4.69, 9.17) is 15.0 Å². The summed E-state index contributed by atoms with van der Waals surface area (Å²) in [6.07, 6.45) is 5.72. The van der Waals surface area contributed by atoms with Crippen molar-refractivity contribution < 1.29 is 0 Å². The molecule has 0 radical (unpaired) electrons. The normalized spacial score (nSPS) is 12.4. The number of rotatable bonds is 6. The van der Waals surface area contributed by atoms with Gasteiger partial charge >= 0.3 is 0 Å². The number of aromatic nitrogens is 5. The molecule has 3 aromatic rings. The zero-order chi connectivity index (χ0) is 21.4. The highest BCUT2D eigenvalue weighted by Crippen LogP contribution is 2.31. The molecule has 3 rings (SSSR count). The maximum atomic E-state index is 4.93. The zero-order valence-electron chi connectivity index (χ0n) is 19.0. The average molecular weight is 392 g/mol. The molecule has 154 valence electrons. The third-order valence-corrected chi connectivity index (χ3v) is 6.03. The fourth-order valence-corrected chi connectivity index (χ4v) is 3.11. The highest BCUT2D eigenvalue weighted by molar-refractivity contribution is 5.68. The van der Waals surface area contributed by atoms with Gasteiger partial charge in [-0.1, -0.05) is 41.5 Å². The van der Waals surface area contributed by atoms with Crippen molar-refractivity contribution in [1.82, 2.24) is 24.5 Å². The van der Waals surface area contributed by atoms with E-state index in [9.17, 15) is 0 Å². The summed E-state index contributed by atoms with van der Waals surface area (Å²) < 4.78 is 2.03. The quantitative estimate of drug-likeness (QED) is 0.547. The predicted molar refractivity (Wildman–Crippen MR) is 119 cm³/mol. The molecule has 0 atom stereocenters. The van der Waals surface area contributed by atoms with E-state index >= 15 is 0 Å². The van der Waals surface area contributed by atoms with Crippen LogP contribution < -0.4 is 0 Å². The van der Waals surface area contributed by atoms with Crippen LogP contribution in [-0.2, 0) is 17.9 Å². The van der Waals surface area contributed by atoms with Crippen LogP contribution in [0.25, 0.3) is 22.8 Å². The average Bonchev–Trinajstić information content (AvgIpc) is 3.13. The summed E-state index contributed by atoms with van der Waals surface area (Å²) in [7, 11) is 2.01. The Labute approximate surface area is 174 Å². The van der Waals surface area contributed by atoms with Crippen molar-refractivity contribution in [3.8, 4) is 22.8 Å². The highest BCUT2D eigenvalue weighted by atomic mass is 15.1. The second kappa shape index (κ2) is 7.69. The first-order valence-corrected chi connectivity index (χ1v) is 10.4. The molecular weight excluding hydrogens is 358 g/mol. The van der Waals surface area contributed by atoms with Gasteiger partial charge in [-0.05, 0) is 43.5 Å². The van der Waals surface area contributed by atoms with Crippen molar-refractivity contribution in [2.24, 2.45) is 7.05 Å². The lowest BCUT2D eigenvalue weighted by atomic mass is 9.87. The number of hydrogen-bond donors (Lipinski definition) is 0. The van der Waals surface area contributed by atoms with Crippen LogP contribution in [0.1, 0.15) is 71.6 Å². The third-order valence-electron chi connectivity index (χ3n) is 6.03. The fraction of sp³-hybridized carbons (Fsp3) is 0.500. The first-order chi connectivity index (χ1) is 13.6. The molecule has 0 saturated carbocycles. The molecule has 2 aromatic heterocycles. The molecule has 0 spiro atoms. The molecule has 0 N–H and O–H groups in total. The molecule has 5 nitrogen and oxygen atoms in total. The molecule has 5 heteroatoms. The van der Waals surface area contributed by atoms with Crippen LogP contribution in [0.5, 0.6) is 0 Å². The van der Waals surface area contributed by atoms with E-state index in [0.29, 0.717) is 0 Å². The second-order valence-electron chi connectivity index (χ2n) is 9.23. The molecule has 0 aliphatic carbocycles. The van der Waals surface area contributed by atoms with E-state index in [1.807, 2.05) is 24.0 Å². The summed E-state index contributed by atoms with van der Waals surface area (Å²) >= 11 is 0. The van der Waals surface area contributed by atoms with Gasteiger partial charge in [0.25, 0.3) is 0 Å². The van der Waals surface area contributed by atoms with Crippen LogP contribution in [0, 0.1) is 6.92 Å². The summed E-state index contributed by atoms with van der Waals surface area (Å²) in [5, 5.41) is 0. The van der Waals surface area contributed by atoms with Crippen molar-refractivity contribution >= 4 is 0 Å². The molecule has 0 bridgehead atoms. The SMILES string of the molecule is CCC(C)(C)c1nc(-c2cc(C)cc(-c3nccn3C)c2)nc(C(C)(C)CC)n1. The van der Waals surface area contributed by atoms with Gasteiger partial charge in [-0.2, -0.15) is 0 Å². The van der Waals surface area contributed by atoms with Gasteiger partial charge in [0, 0.05) is 41.4 Å². The molecule has 2 heterocycles. The number of nitrogens with zero attached hydrogens (tertiary/aromatic N) is 5. The van der Waals surface area contributed by atoms with Crippen molar-refractivity contribution in [2.75, 3.05) is 0 Å². The van der Waals surface area contributed by atoms with Crippen LogP contribution >= 0.6 is 0 Å². The molecule has 0 aliphatic rings. The van der Waals surface area contributed by atoms with Crippen LogP contribution in [0.4, 0.5) is 0 Å². The predicted octanol–water partition coefficient (Wildman–Crippen LogP) is 5.62. The minimum Gasteiger partial charge on any atom is -0.334 e. The van der Waals surface area contributed by atoms with Crippen molar-refractivity contribution in [2.45, 2.75) is 72.1 Å². The molecule has 1 aromatic carbocycles. The molecule has 0 fully saturated rings. The summed E-state index contributed by atoms with van der Waals surface area (Å²) in [6, 6.07) is 6.43. The lowest BCUT2D eigenvalue weighted by Gasteiger charge is -2.26. The van der Waals surface area contributed by atoms with Crippen LogP contribution in [0.2, 0.25) is 0 Å². The Kier molecular flexibility index (Phi) is 5.61. The van der Waals surface area contributed by atoms with Crippen molar-refractivity contribution in [1.29, 1.82) is 0 Å². The maximum Gasteiger partial charge on any atom is 0.163 e. The topological polar surface area (TPSA) is 56.5 Å². The highest BCUT2D eigenvalue weighted by Gasteiger charge is 2.29. The summed E-state index contributed by atoms with van der Waals surface area (Å²) in [5.41, 5.74) is 3.02. The largest absolute Gasteiger partial charge is 0.334 e. The van der Waals surface area contributed by atoms with Gasteiger partial charge in [-0.15, -0.1) is 0 Å². The first-order valence-electron chi connectivity index (χ1n) is 10.4. The van der Waals surface area contributed by atoms with E-state index in [1.54, 1.807) is 0 Å².